The van der Waals surface area contributed by atoms with Gasteiger partial charge in [0.2, 0.25) is 0 Å². The maximum Gasteiger partial charge on any atom is 0.416 e. The number of halogens is 5. The van der Waals surface area contributed by atoms with Crippen LogP contribution in [0.1, 0.15) is 11.1 Å². The van der Waals surface area contributed by atoms with E-state index in [1.165, 1.54) is 0 Å². The van der Waals surface area contributed by atoms with Gasteiger partial charge < -0.3 is 9.84 Å². The van der Waals surface area contributed by atoms with Crippen LogP contribution in [0.15, 0.2) is 18.2 Å². The van der Waals surface area contributed by atoms with Gasteiger partial charge in [0.05, 0.1) is 12.2 Å². The van der Waals surface area contributed by atoms with Crippen LogP contribution in [-0.2, 0) is 12.8 Å². The Labute approximate surface area is 87.3 Å². The lowest BCUT2D eigenvalue weighted by Gasteiger charge is -2.11. The first kappa shape index (κ1) is 12.7. The summed E-state index contributed by atoms with van der Waals surface area (Å²) in [5.41, 5.74) is -1.29. The third-order valence-corrected chi connectivity index (χ3v) is 1.70. The Balaban J connectivity index is 3.11. The highest BCUT2D eigenvalue weighted by molar-refractivity contribution is 5.35. The second-order valence-corrected chi connectivity index (χ2v) is 2.90. The summed E-state index contributed by atoms with van der Waals surface area (Å²) < 4.78 is 64.4. The molecular formula is C9H7F5O2. The quantitative estimate of drug-likeness (QED) is 0.826. The SMILES string of the molecule is OCc1cc(OC(F)F)cc(C(F)(F)F)c1. The first-order valence-corrected chi connectivity index (χ1v) is 4.10. The molecule has 1 rings (SSSR count). The van der Waals surface area contributed by atoms with Crippen molar-refractivity contribution in [3.05, 3.63) is 29.3 Å². The van der Waals surface area contributed by atoms with Gasteiger partial charge in [0, 0.05) is 0 Å². The molecule has 0 aromatic heterocycles. The minimum absolute atomic E-state index is 0.148. The number of alkyl halides is 5. The second kappa shape index (κ2) is 4.65. The molecule has 1 aromatic rings. The predicted molar refractivity (Wildman–Crippen MR) is 44.0 cm³/mol. The summed E-state index contributed by atoms with van der Waals surface area (Å²) in [7, 11) is 0. The van der Waals surface area contributed by atoms with Gasteiger partial charge >= 0.3 is 12.8 Å². The van der Waals surface area contributed by atoms with Crippen LogP contribution in [0.25, 0.3) is 0 Å². The first-order valence-electron chi connectivity index (χ1n) is 4.10. The molecular weight excluding hydrogens is 235 g/mol. The Morgan fingerprint density at radius 1 is 1.19 bits per heavy atom. The standard InChI is InChI=1S/C9H7F5O2/c10-8(11)16-7-2-5(4-15)1-6(3-7)9(12,13)14/h1-3,8,15H,4H2. The molecule has 0 aliphatic carbocycles. The maximum atomic E-state index is 12.3. The van der Waals surface area contributed by atoms with Crippen molar-refractivity contribution < 1.29 is 31.8 Å². The zero-order valence-electron chi connectivity index (χ0n) is 7.76. The van der Waals surface area contributed by atoms with E-state index < -0.39 is 30.7 Å². The van der Waals surface area contributed by atoms with Crippen LogP contribution in [0, 0.1) is 0 Å². The molecule has 1 N–H and O–H groups in total. The highest BCUT2D eigenvalue weighted by Gasteiger charge is 2.31. The van der Waals surface area contributed by atoms with Crippen LogP contribution in [0.4, 0.5) is 22.0 Å². The molecule has 7 heteroatoms. The van der Waals surface area contributed by atoms with Gasteiger partial charge in [0.15, 0.2) is 0 Å². The topological polar surface area (TPSA) is 29.5 Å². The number of rotatable bonds is 3. The number of hydrogen-bond acceptors (Lipinski definition) is 2. The highest BCUT2D eigenvalue weighted by Crippen LogP contribution is 2.33. The summed E-state index contributed by atoms with van der Waals surface area (Å²) in [6.45, 7) is -3.90. The molecule has 0 aliphatic heterocycles. The van der Waals surface area contributed by atoms with Gasteiger partial charge in [-0.2, -0.15) is 22.0 Å². The molecule has 0 unspecified atom stereocenters. The molecule has 0 atom stereocenters. The van der Waals surface area contributed by atoms with Crippen LogP contribution in [0.5, 0.6) is 5.75 Å². The lowest BCUT2D eigenvalue weighted by Crippen LogP contribution is -2.08. The fourth-order valence-electron chi connectivity index (χ4n) is 1.09. The number of benzene rings is 1. The number of ether oxygens (including phenoxy) is 1. The molecule has 0 aliphatic rings. The summed E-state index contributed by atoms with van der Waals surface area (Å²) >= 11 is 0. The third kappa shape index (κ3) is 3.34. The Hall–Kier alpha value is -1.37. The van der Waals surface area contributed by atoms with E-state index in [1.807, 2.05) is 0 Å². The molecule has 16 heavy (non-hydrogen) atoms. The van der Waals surface area contributed by atoms with Crippen LogP contribution < -0.4 is 4.74 Å². The summed E-state index contributed by atoms with van der Waals surface area (Å²) in [4.78, 5) is 0. The molecule has 1 aromatic carbocycles. The van der Waals surface area contributed by atoms with Gasteiger partial charge in [-0.3, -0.25) is 0 Å². The van der Waals surface area contributed by atoms with Crippen molar-refractivity contribution >= 4 is 0 Å². The highest BCUT2D eigenvalue weighted by atomic mass is 19.4. The van der Waals surface area contributed by atoms with Crippen LogP contribution >= 0.6 is 0 Å². The average Bonchev–Trinajstić information content (AvgIpc) is 2.14. The Morgan fingerprint density at radius 2 is 1.81 bits per heavy atom. The monoisotopic (exact) mass is 242 g/mol. The van der Waals surface area contributed by atoms with E-state index in [2.05, 4.69) is 4.74 Å². The van der Waals surface area contributed by atoms with E-state index in [4.69, 9.17) is 5.11 Å². The number of hydrogen-bond donors (Lipinski definition) is 1. The summed E-state index contributed by atoms with van der Waals surface area (Å²) in [5.74, 6) is -0.631. The molecule has 0 saturated heterocycles. The Morgan fingerprint density at radius 3 is 2.25 bits per heavy atom. The Bertz CT molecular complexity index is 361. The van der Waals surface area contributed by atoms with E-state index >= 15 is 0 Å². The number of aliphatic hydroxyl groups excluding tert-OH is 1. The molecule has 0 radical (unpaired) electrons. The van der Waals surface area contributed by atoms with Crippen molar-refractivity contribution in [2.24, 2.45) is 0 Å². The van der Waals surface area contributed by atoms with Gasteiger partial charge in [-0.15, -0.1) is 0 Å². The van der Waals surface area contributed by atoms with Crippen LogP contribution in [0.2, 0.25) is 0 Å². The zero-order valence-corrected chi connectivity index (χ0v) is 7.76. The Kier molecular flexibility index (Phi) is 3.69. The van der Waals surface area contributed by atoms with E-state index in [0.717, 1.165) is 6.07 Å². The molecule has 90 valence electrons. The summed E-state index contributed by atoms with van der Waals surface area (Å²) in [6, 6.07) is 2.03. The lowest BCUT2D eigenvalue weighted by atomic mass is 10.1. The predicted octanol–water partition coefficient (Wildman–Crippen LogP) is 2.80. The van der Waals surface area contributed by atoms with Crippen molar-refractivity contribution in [2.45, 2.75) is 19.4 Å². The van der Waals surface area contributed by atoms with E-state index in [1.54, 1.807) is 0 Å². The fraction of sp³-hybridized carbons (Fsp3) is 0.333. The van der Waals surface area contributed by atoms with E-state index in [-0.39, 0.29) is 5.56 Å². The zero-order chi connectivity index (χ0) is 12.3. The minimum Gasteiger partial charge on any atom is -0.435 e. The largest absolute Gasteiger partial charge is 0.435 e. The average molecular weight is 242 g/mol. The molecule has 0 heterocycles. The first-order chi connectivity index (χ1) is 7.32. The molecule has 0 saturated carbocycles. The van der Waals surface area contributed by atoms with Gasteiger partial charge in [0.25, 0.3) is 0 Å². The normalized spacial score (nSPS) is 11.9. The molecule has 0 spiro atoms. The van der Waals surface area contributed by atoms with Crippen molar-refractivity contribution in [3.63, 3.8) is 0 Å². The van der Waals surface area contributed by atoms with E-state index in [9.17, 15) is 22.0 Å². The van der Waals surface area contributed by atoms with Crippen LogP contribution in [0.3, 0.4) is 0 Å². The third-order valence-electron chi connectivity index (χ3n) is 1.70. The molecule has 0 amide bonds. The van der Waals surface area contributed by atoms with Gasteiger partial charge in [-0.05, 0) is 23.8 Å². The van der Waals surface area contributed by atoms with Crippen molar-refractivity contribution in [1.82, 2.24) is 0 Å². The minimum atomic E-state index is -4.68. The molecule has 2 nitrogen and oxygen atoms in total. The maximum absolute atomic E-state index is 12.3. The fourth-order valence-corrected chi connectivity index (χ4v) is 1.09. The van der Waals surface area contributed by atoms with Gasteiger partial charge in [0.1, 0.15) is 5.75 Å². The van der Waals surface area contributed by atoms with Gasteiger partial charge in [-0.1, -0.05) is 0 Å². The smallest absolute Gasteiger partial charge is 0.416 e. The lowest BCUT2D eigenvalue weighted by molar-refractivity contribution is -0.138. The van der Waals surface area contributed by atoms with Crippen molar-refractivity contribution in [2.75, 3.05) is 0 Å². The van der Waals surface area contributed by atoms with Crippen molar-refractivity contribution in [3.8, 4) is 5.75 Å². The van der Waals surface area contributed by atoms with Crippen LogP contribution in [-0.4, -0.2) is 11.7 Å². The number of aliphatic hydroxyl groups is 1. The molecule has 0 bridgehead atoms. The van der Waals surface area contributed by atoms with E-state index in [0.29, 0.717) is 12.1 Å². The summed E-state index contributed by atoms with van der Waals surface area (Å²) in [5, 5.41) is 8.68. The summed E-state index contributed by atoms with van der Waals surface area (Å²) in [6.07, 6.45) is -4.68. The van der Waals surface area contributed by atoms with Crippen molar-refractivity contribution in [1.29, 1.82) is 0 Å². The second-order valence-electron chi connectivity index (χ2n) is 2.90. The molecule has 0 fully saturated rings. The van der Waals surface area contributed by atoms with Gasteiger partial charge in [-0.25, -0.2) is 0 Å².